The molecular weight excluding hydrogens is 360 g/mol. The van der Waals surface area contributed by atoms with Crippen molar-refractivity contribution in [3.63, 3.8) is 0 Å². The fraction of sp³-hybridized carbons (Fsp3) is 0.381. The van der Waals surface area contributed by atoms with Crippen molar-refractivity contribution in [2.24, 2.45) is 0 Å². The second kappa shape index (κ2) is 9.15. The topological polar surface area (TPSA) is 66.5 Å². The van der Waals surface area contributed by atoms with Crippen LogP contribution in [0.1, 0.15) is 24.0 Å². The number of likely N-dealkylation sites (tertiary alicyclic amines) is 1. The van der Waals surface area contributed by atoms with Crippen LogP contribution in [-0.4, -0.2) is 44.1 Å². The van der Waals surface area contributed by atoms with Gasteiger partial charge < -0.3 is 4.90 Å². The van der Waals surface area contributed by atoms with E-state index in [-0.39, 0.29) is 11.7 Å². The maximum absolute atomic E-state index is 12.9. The maximum atomic E-state index is 12.9. The van der Waals surface area contributed by atoms with Gasteiger partial charge in [0.15, 0.2) is 0 Å². The number of carbonyl (C=O) groups excluding carboxylic acids is 1. The number of hydrogen-bond donors (Lipinski definition) is 1. The van der Waals surface area contributed by atoms with Gasteiger partial charge in [-0.15, -0.1) is 0 Å². The third-order valence-electron chi connectivity index (χ3n) is 4.82. The summed E-state index contributed by atoms with van der Waals surface area (Å²) in [6.07, 6.45) is 2.74. The van der Waals surface area contributed by atoms with Gasteiger partial charge in [-0.1, -0.05) is 60.7 Å². The number of rotatable bonds is 8. The molecule has 2 aromatic carbocycles. The largest absolute Gasteiger partial charge is 0.341 e. The fourth-order valence-corrected chi connectivity index (χ4v) is 4.60. The van der Waals surface area contributed by atoms with E-state index >= 15 is 0 Å². The van der Waals surface area contributed by atoms with Crippen LogP contribution in [0.25, 0.3) is 0 Å². The smallest absolute Gasteiger partial charge is 0.241 e. The molecule has 2 aromatic rings. The van der Waals surface area contributed by atoms with Crippen LogP contribution >= 0.6 is 0 Å². The van der Waals surface area contributed by atoms with Crippen molar-refractivity contribution in [3.8, 4) is 0 Å². The normalized spacial score (nSPS) is 15.6. The van der Waals surface area contributed by atoms with Crippen LogP contribution in [0, 0.1) is 0 Å². The summed E-state index contributed by atoms with van der Waals surface area (Å²) in [5.74, 6) is -0.157. The predicted octanol–water partition coefficient (Wildman–Crippen LogP) is 2.38. The molecule has 1 amide bonds. The van der Waals surface area contributed by atoms with Crippen molar-refractivity contribution in [2.45, 2.75) is 31.7 Å². The average Bonchev–Trinajstić information content (AvgIpc) is 3.22. The van der Waals surface area contributed by atoms with Crippen molar-refractivity contribution in [1.29, 1.82) is 0 Å². The Labute approximate surface area is 161 Å². The van der Waals surface area contributed by atoms with Gasteiger partial charge >= 0.3 is 0 Å². The zero-order valence-electron chi connectivity index (χ0n) is 15.4. The second-order valence-electron chi connectivity index (χ2n) is 6.95. The van der Waals surface area contributed by atoms with Gasteiger partial charge in [0.2, 0.25) is 15.9 Å². The minimum absolute atomic E-state index is 0.0322. The lowest BCUT2D eigenvalue weighted by Crippen LogP contribution is -2.49. The molecule has 0 bridgehead atoms. The van der Waals surface area contributed by atoms with Gasteiger partial charge in [0.25, 0.3) is 0 Å². The van der Waals surface area contributed by atoms with E-state index in [4.69, 9.17) is 0 Å². The number of amides is 1. The van der Waals surface area contributed by atoms with E-state index in [2.05, 4.69) is 4.72 Å². The predicted molar refractivity (Wildman–Crippen MR) is 107 cm³/mol. The van der Waals surface area contributed by atoms with Crippen LogP contribution in [-0.2, 0) is 27.7 Å². The summed E-state index contributed by atoms with van der Waals surface area (Å²) in [6, 6.07) is 18.3. The molecule has 1 aliphatic heterocycles. The summed E-state index contributed by atoms with van der Waals surface area (Å²) in [7, 11) is -3.57. The molecular formula is C21H26N2O3S. The summed E-state index contributed by atoms with van der Waals surface area (Å²) in [5.41, 5.74) is 1.91. The Morgan fingerprint density at radius 3 is 2.07 bits per heavy atom. The van der Waals surface area contributed by atoms with E-state index in [1.54, 1.807) is 4.90 Å². The molecule has 1 aliphatic rings. The quantitative estimate of drug-likeness (QED) is 0.757. The molecule has 6 heteroatoms. The zero-order chi connectivity index (χ0) is 19.1. The number of carbonyl (C=O) groups is 1. The van der Waals surface area contributed by atoms with Gasteiger partial charge in [-0.2, -0.15) is 0 Å². The first-order valence-electron chi connectivity index (χ1n) is 9.40. The standard InChI is InChI=1S/C21H26N2O3S/c24-21(23-14-7-8-15-23)20(17-19-11-5-2-6-12-19)22-27(25,26)16-13-18-9-3-1-4-10-18/h1-6,9-12,20,22H,7-8,13-17H2/t20-/m1/s1. The Kier molecular flexibility index (Phi) is 6.63. The van der Waals surface area contributed by atoms with E-state index in [1.807, 2.05) is 60.7 Å². The molecule has 0 spiro atoms. The van der Waals surface area contributed by atoms with Crippen LogP contribution in [0.2, 0.25) is 0 Å². The monoisotopic (exact) mass is 386 g/mol. The Hall–Kier alpha value is -2.18. The molecule has 1 fully saturated rings. The molecule has 1 N–H and O–H groups in total. The molecule has 0 aliphatic carbocycles. The third kappa shape index (κ3) is 5.91. The molecule has 5 nitrogen and oxygen atoms in total. The van der Waals surface area contributed by atoms with Crippen LogP contribution in [0.5, 0.6) is 0 Å². The Bertz CT molecular complexity index is 832. The first-order valence-corrected chi connectivity index (χ1v) is 11.1. The average molecular weight is 387 g/mol. The Morgan fingerprint density at radius 2 is 1.48 bits per heavy atom. The first kappa shape index (κ1) is 19.6. The highest BCUT2D eigenvalue weighted by Gasteiger charge is 2.30. The zero-order valence-corrected chi connectivity index (χ0v) is 16.2. The van der Waals surface area contributed by atoms with Gasteiger partial charge in [-0.3, -0.25) is 4.79 Å². The van der Waals surface area contributed by atoms with Crippen molar-refractivity contribution >= 4 is 15.9 Å². The van der Waals surface area contributed by atoms with Crippen LogP contribution in [0.3, 0.4) is 0 Å². The molecule has 1 atom stereocenters. The van der Waals surface area contributed by atoms with Crippen molar-refractivity contribution in [1.82, 2.24) is 9.62 Å². The van der Waals surface area contributed by atoms with E-state index in [1.165, 1.54) is 0 Å². The minimum Gasteiger partial charge on any atom is -0.341 e. The van der Waals surface area contributed by atoms with E-state index < -0.39 is 16.1 Å². The number of aryl methyl sites for hydroxylation is 1. The lowest BCUT2D eigenvalue weighted by atomic mass is 10.1. The number of nitrogens with zero attached hydrogens (tertiary/aromatic N) is 1. The van der Waals surface area contributed by atoms with Crippen molar-refractivity contribution < 1.29 is 13.2 Å². The van der Waals surface area contributed by atoms with Crippen molar-refractivity contribution in [3.05, 3.63) is 71.8 Å². The summed E-state index contributed by atoms with van der Waals surface area (Å²) in [5, 5.41) is 0. The van der Waals surface area contributed by atoms with Gasteiger partial charge in [0, 0.05) is 13.1 Å². The van der Waals surface area contributed by atoms with Crippen LogP contribution in [0.4, 0.5) is 0 Å². The van der Waals surface area contributed by atoms with Crippen LogP contribution in [0.15, 0.2) is 60.7 Å². The number of sulfonamides is 1. The van der Waals surface area contributed by atoms with Gasteiger partial charge in [0.05, 0.1) is 5.75 Å². The molecule has 0 radical (unpaired) electrons. The molecule has 27 heavy (non-hydrogen) atoms. The third-order valence-corrected chi connectivity index (χ3v) is 6.21. The molecule has 1 saturated heterocycles. The number of nitrogens with one attached hydrogen (secondary N) is 1. The second-order valence-corrected chi connectivity index (χ2v) is 8.82. The van der Waals surface area contributed by atoms with Gasteiger partial charge in [-0.25, -0.2) is 13.1 Å². The number of benzene rings is 2. The summed E-state index contributed by atoms with van der Waals surface area (Å²) in [4.78, 5) is 14.7. The highest BCUT2D eigenvalue weighted by Crippen LogP contribution is 2.13. The number of hydrogen-bond acceptors (Lipinski definition) is 3. The Balaban J connectivity index is 1.70. The minimum atomic E-state index is -3.57. The molecule has 0 unspecified atom stereocenters. The lowest BCUT2D eigenvalue weighted by molar-refractivity contribution is -0.131. The molecule has 144 valence electrons. The fourth-order valence-electron chi connectivity index (χ4n) is 3.36. The molecule has 3 rings (SSSR count). The molecule has 0 saturated carbocycles. The highest BCUT2D eigenvalue weighted by atomic mass is 32.2. The summed E-state index contributed by atoms with van der Waals surface area (Å²) < 4.78 is 28.0. The SMILES string of the molecule is O=C([C@@H](Cc1ccccc1)NS(=O)(=O)CCc1ccccc1)N1CCCC1. The summed E-state index contributed by atoms with van der Waals surface area (Å²) in [6.45, 7) is 1.41. The van der Waals surface area contributed by atoms with Crippen molar-refractivity contribution in [2.75, 3.05) is 18.8 Å². The van der Waals surface area contributed by atoms with Crippen LogP contribution < -0.4 is 4.72 Å². The maximum Gasteiger partial charge on any atom is 0.241 e. The van der Waals surface area contributed by atoms with E-state index in [0.29, 0.717) is 25.9 Å². The first-order chi connectivity index (χ1) is 13.0. The molecule has 1 heterocycles. The van der Waals surface area contributed by atoms with E-state index in [9.17, 15) is 13.2 Å². The lowest BCUT2D eigenvalue weighted by Gasteiger charge is -2.24. The highest BCUT2D eigenvalue weighted by molar-refractivity contribution is 7.89. The summed E-state index contributed by atoms with van der Waals surface area (Å²) >= 11 is 0. The van der Waals surface area contributed by atoms with Gasteiger partial charge in [0.1, 0.15) is 6.04 Å². The Morgan fingerprint density at radius 1 is 0.926 bits per heavy atom. The van der Waals surface area contributed by atoms with Gasteiger partial charge in [-0.05, 0) is 36.8 Å². The van der Waals surface area contributed by atoms with E-state index in [0.717, 1.165) is 24.0 Å². The molecule has 0 aromatic heterocycles.